The van der Waals surface area contributed by atoms with E-state index in [1.807, 2.05) is 0 Å². The number of aliphatic carboxylic acids is 1. The van der Waals surface area contributed by atoms with Gasteiger partial charge in [-0.15, -0.1) is 0 Å². The summed E-state index contributed by atoms with van der Waals surface area (Å²) in [4.78, 5) is 24.7. The molecule has 5 heteroatoms. The molecule has 1 amide bonds. The molecule has 1 aliphatic heterocycles. The van der Waals surface area contributed by atoms with Crippen molar-refractivity contribution < 1.29 is 19.4 Å². The van der Waals surface area contributed by atoms with Crippen LogP contribution in [0.25, 0.3) is 0 Å². The first kappa shape index (κ1) is 11.4. The topological polar surface area (TPSA) is 66.8 Å². The molecule has 0 unspecified atom stereocenters. The van der Waals surface area contributed by atoms with Crippen molar-refractivity contribution in [3.63, 3.8) is 0 Å². The minimum Gasteiger partial charge on any atom is -0.479 e. The van der Waals surface area contributed by atoms with Gasteiger partial charge in [-0.3, -0.25) is 4.79 Å². The van der Waals surface area contributed by atoms with Crippen LogP contribution in [0.2, 0.25) is 0 Å². The van der Waals surface area contributed by atoms with Crippen LogP contribution in [0.3, 0.4) is 0 Å². The maximum absolute atomic E-state index is 11.7. The molecule has 90 valence electrons. The van der Waals surface area contributed by atoms with Crippen LogP contribution in [-0.2, 0) is 14.3 Å². The van der Waals surface area contributed by atoms with Crippen LogP contribution in [0.15, 0.2) is 0 Å². The first-order valence-electron chi connectivity index (χ1n) is 5.69. The van der Waals surface area contributed by atoms with Crippen molar-refractivity contribution in [3.8, 4) is 0 Å². The first-order chi connectivity index (χ1) is 7.58. The van der Waals surface area contributed by atoms with Gasteiger partial charge < -0.3 is 14.7 Å². The van der Waals surface area contributed by atoms with Gasteiger partial charge in [0.1, 0.15) is 5.54 Å². The third-order valence-corrected chi connectivity index (χ3v) is 3.43. The van der Waals surface area contributed by atoms with Crippen molar-refractivity contribution in [3.05, 3.63) is 0 Å². The fourth-order valence-corrected chi connectivity index (χ4v) is 2.51. The van der Waals surface area contributed by atoms with E-state index in [0.717, 1.165) is 12.8 Å². The first-order valence-corrected chi connectivity index (χ1v) is 5.69. The Morgan fingerprint density at radius 2 is 1.88 bits per heavy atom. The molecule has 1 saturated heterocycles. The molecule has 0 aromatic carbocycles. The zero-order valence-electron chi connectivity index (χ0n) is 9.44. The van der Waals surface area contributed by atoms with Gasteiger partial charge in [-0.2, -0.15) is 0 Å². The number of carbonyl (C=O) groups is 2. The fourth-order valence-electron chi connectivity index (χ4n) is 2.51. The molecular formula is C11H17NO4. The second-order valence-electron chi connectivity index (χ2n) is 4.57. The van der Waals surface area contributed by atoms with E-state index < -0.39 is 11.5 Å². The number of carboxylic acids is 1. The second kappa shape index (κ2) is 4.05. The average Bonchev–Trinajstić information content (AvgIpc) is 3.03. The van der Waals surface area contributed by atoms with Crippen molar-refractivity contribution in [2.75, 3.05) is 13.2 Å². The van der Waals surface area contributed by atoms with Gasteiger partial charge in [0.25, 0.3) is 0 Å². The lowest BCUT2D eigenvalue weighted by atomic mass is 9.87. The molecule has 0 radical (unpaired) electrons. The van der Waals surface area contributed by atoms with Crippen LogP contribution in [0.5, 0.6) is 0 Å². The van der Waals surface area contributed by atoms with E-state index in [1.54, 1.807) is 4.90 Å². The van der Waals surface area contributed by atoms with E-state index >= 15 is 0 Å². The molecule has 0 aromatic rings. The minimum absolute atomic E-state index is 0.131. The highest BCUT2D eigenvalue weighted by molar-refractivity contribution is 5.86. The molecule has 2 aliphatic rings. The Hall–Kier alpha value is -1.10. The minimum atomic E-state index is -1.02. The van der Waals surface area contributed by atoms with Gasteiger partial charge in [0.05, 0.1) is 0 Å². The Morgan fingerprint density at radius 3 is 2.25 bits per heavy atom. The van der Waals surface area contributed by atoms with Crippen LogP contribution < -0.4 is 0 Å². The SMILES string of the molecule is CC(=O)N(C1CC1)C1(C(=O)O)CCOCC1. The van der Waals surface area contributed by atoms with E-state index in [-0.39, 0.29) is 11.9 Å². The van der Waals surface area contributed by atoms with Gasteiger partial charge in [-0.1, -0.05) is 0 Å². The molecule has 2 rings (SSSR count). The van der Waals surface area contributed by atoms with Crippen molar-refractivity contribution in [1.29, 1.82) is 0 Å². The Bertz CT molecular complexity index is 305. The number of ether oxygens (including phenoxy) is 1. The summed E-state index contributed by atoms with van der Waals surface area (Å²) in [6.07, 6.45) is 2.65. The van der Waals surface area contributed by atoms with E-state index in [0.29, 0.717) is 26.1 Å². The molecule has 1 aliphatic carbocycles. The zero-order valence-corrected chi connectivity index (χ0v) is 9.44. The van der Waals surface area contributed by atoms with E-state index in [1.165, 1.54) is 6.92 Å². The third-order valence-electron chi connectivity index (χ3n) is 3.43. The molecule has 16 heavy (non-hydrogen) atoms. The molecule has 1 heterocycles. The lowest BCUT2D eigenvalue weighted by Crippen LogP contribution is -2.60. The van der Waals surface area contributed by atoms with Crippen LogP contribution in [0.1, 0.15) is 32.6 Å². The summed E-state index contributed by atoms with van der Waals surface area (Å²) >= 11 is 0. The number of rotatable bonds is 3. The maximum atomic E-state index is 11.7. The van der Waals surface area contributed by atoms with Gasteiger partial charge in [-0.05, 0) is 12.8 Å². The molecular weight excluding hydrogens is 210 g/mol. The van der Waals surface area contributed by atoms with Crippen LogP contribution >= 0.6 is 0 Å². The second-order valence-corrected chi connectivity index (χ2v) is 4.57. The molecule has 1 saturated carbocycles. The van der Waals surface area contributed by atoms with Crippen LogP contribution in [0, 0.1) is 0 Å². The molecule has 0 atom stereocenters. The van der Waals surface area contributed by atoms with Gasteiger partial charge in [0, 0.05) is 39.0 Å². The summed E-state index contributed by atoms with van der Waals surface area (Å²) in [5, 5.41) is 9.44. The molecule has 5 nitrogen and oxygen atoms in total. The van der Waals surface area contributed by atoms with Gasteiger partial charge >= 0.3 is 5.97 Å². The maximum Gasteiger partial charge on any atom is 0.329 e. The third kappa shape index (κ3) is 1.80. The molecule has 0 spiro atoms. The largest absolute Gasteiger partial charge is 0.479 e. The summed E-state index contributed by atoms with van der Waals surface area (Å²) < 4.78 is 5.20. The quantitative estimate of drug-likeness (QED) is 0.768. The summed E-state index contributed by atoms with van der Waals surface area (Å²) in [7, 11) is 0. The van der Waals surface area contributed by atoms with E-state index in [4.69, 9.17) is 4.74 Å². The lowest BCUT2D eigenvalue weighted by Gasteiger charge is -2.42. The highest BCUT2D eigenvalue weighted by atomic mass is 16.5. The van der Waals surface area contributed by atoms with Crippen molar-refractivity contribution in [1.82, 2.24) is 4.90 Å². The monoisotopic (exact) mass is 227 g/mol. The fraction of sp³-hybridized carbons (Fsp3) is 0.818. The zero-order chi connectivity index (χ0) is 11.8. The average molecular weight is 227 g/mol. The van der Waals surface area contributed by atoms with E-state index in [2.05, 4.69) is 0 Å². The number of carbonyl (C=O) groups excluding carboxylic acids is 1. The summed E-state index contributed by atoms with van der Waals surface area (Å²) in [6, 6.07) is 0.131. The number of nitrogens with zero attached hydrogens (tertiary/aromatic N) is 1. The number of hydrogen-bond donors (Lipinski definition) is 1. The summed E-state index contributed by atoms with van der Waals surface area (Å²) in [6.45, 7) is 2.30. The van der Waals surface area contributed by atoms with Crippen molar-refractivity contribution in [2.24, 2.45) is 0 Å². The number of carboxylic acid groups (broad SMARTS) is 1. The van der Waals surface area contributed by atoms with Gasteiger partial charge in [0.2, 0.25) is 5.91 Å². The standard InChI is InChI=1S/C11H17NO4/c1-8(13)12(9-2-3-9)11(10(14)15)4-6-16-7-5-11/h9H,2-7H2,1H3,(H,14,15). The predicted octanol–water partition coefficient (Wildman–Crippen LogP) is 0.631. The smallest absolute Gasteiger partial charge is 0.329 e. The normalized spacial score (nSPS) is 23.8. The van der Waals surface area contributed by atoms with Crippen LogP contribution in [-0.4, -0.2) is 46.7 Å². The van der Waals surface area contributed by atoms with Gasteiger partial charge in [-0.25, -0.2) is 4.79 Å². The van der Waals surface area contributed by atoms with Crippen LogP contribution in [0.4, 0.5) is 0 Å². The van der Waals surface area contributed by atoms with Crippen molar-refractivity contribution >= 4 is 11.9 Å². The Morgan fingerprint density at radius 1 is 1.31 bits per heavy atom. The Kier molecular flexibility index (Phi) is 2.88. The van der Waals surface area contributed by atoms with E-state index in [9.17, 15) is 14.7 Å². The molecule has 1 N–H and O–H groups in total. The molecule has 0 aromatic heterocycles. The highest BCUT2D eigenvalue weighted by Gasteiger charge is 2.51. The van der Waals surface area contributed by atoms with Crippen molar-refractivity contribution in [2.45, 2.75) is 44.2 Å². The summed E-state index contributed by atoms with van der Waals surface area (Å²) in [5.74, 6) is -1.02. The highest BCUT2D eigenvalue weighted by Crippen LogP contribution is 2.38. The van der Waals surface area contributed by atoms with Gasteiger partial charge in [0.15, 0.2) is 0 Å². The number of hydrogen-bond acceptors (Lipinski definition) is 3. The Labute approximate surface area is 94.4 Å². The number of amides is 1. The Balaban J connectivity index is 2.28. The lowest BCUT2D eigenvalue weighted by molar-refractivity contribution is -0.166. The summed E-state index contributed by atoms with van der Waals surface area (Å²) in [5.41, 5.74) is -1.02. The predicted molar refractivity (Wildman–Crippen MR) is 56.0 cm³/mol. The molecule has 0 bridgehead atoms. The molecule has 2 fully saturated rings.